The molecule has 0 saturated heterocycles. The molecule has 0 atom stereocenters. The highest BCUT2D eigenvalue weighted by Crippen LogP contribution is 2.29. The Morgan fingerprint density at radius 1 is 1.38 bits per heavy atom. The molecule has 0 heterocycles. The third kappa shape index (κ3) is 6.03. The number of ether oxygens (including phenoxy) is 1. The number of nitriles is 1. The molecule has 0 aliphatic rings. The summed E-state index contributed by atoms with van der Waals surface area (Å²) in [6, 6.07) is 7.50. The van der Waals surface area contributed by atoms with Crippen molar-refractivity contribution in [2.24, 2.45) is 16.1 Å². The highest BCUT2D eigenvalue weighted by molar-refractivity contribution is 5.93. The van der Waals surface area contributed by atoms with Gasteiger partial charge in [-0.25, -0.2) is 0 Å². The van der Waals surface area contributed by atoms with E-state index in [1.807, 2.05) is 6.07 Å². The van der Waals surface area contributed by atoms with E-state index in [1.165, 1.54) is 18.2 Å². The van der Waals surface area contributed by atoms with Crippen molar-refractivity contribution in [2.75, 3.05) is 11.9 Å². The summed E-state index contributed by atoms with van der Waals surface area (Å²) in [5.41, 5.74) is 4.91. The van der Waals surface area contributed by atoms with Gasteiger partial charge in [-0.3, -0.25) is 4.99 Å². The number of anilines is 1. The lowest BCUT2D eigenvalue weighted by Gasteiger charge is -2.15. The van der Waals surface area contributed by atoms with Gasteiger partial charge in [-0.15, -0.1) is 13.2 Å². The Kier molecular flexibility index (Phi) is 5.02. The van der Waals surface area contributed by atoms with Crippen molar-refractivity contribution in [3.63, 3.8) is 0 Å². The molecule has 0 fully saturated rings. The third-order valence-corrected chi connectivity index (χ3v) is 2.32. The second kappa shape index (κ2) is 6.35. The summed E-state index contributed by atoms with van der Waals surface area (Å²) in [4.78, 5) is 3.92. The molecule has 0 spiro atoms. The molecule has 1 aromatic rings. The molecule has 21 heavy (non-hydrogen) atoms. The van der Waals surface area contributed by atoms with Crippen LogP contribution in [0.5, 0.6) is 5.75 Å². The quantitative estimate of drug-likeness (QED) is 0.661. The Hall–Kier alpha value is -2.43. The first-order valence-corrected chi connectivity index (χ1v) is 5.96. The molecule has 1 rings (SSSR count). The zero-order valence-corrected chi connectivity index (χ0v) is 11.5. The fraction of sp³-hybridized carbons (Fsp3) is 0.385. The van der Waals surface area contributed by atoms with Crippen LogP contribution in [0.4, 0.5) is 18.9 Å². The topological polar surface area (TPSA) is 83.4 Å². The Labute approximate surface area is 120 Å². The minimum atomic E-state index is -4.80. The number of aliphatic imine (C=N–C) groups is 1. The molecule has 3 N–H and O–H groups in total. The number of para-hydroxylation sites is 2. The van der Waals surface area contributed by atoms with Crippen LogP contribution in [0.3, 0.4) is 0 Å². The molecule has 0 radical (unpaired) electrons. The second-order valence-corrected chi connectivity index (χ2v) is 4.87. The van der Waals surface area contributed by atoms with Crippen LogP contribution in [-0.2, 0) is 0 Å². The number of hydrogen-bond acceptors (Lipinski definition) is 3. The summed E-state index contributed by atoms with van der Waals surface area (Å²) in [5.74, 6) is -0.515. The predicted molar refractivity (Wildman–Crippen MR) is 72.6 cm³/mol. The van der Waals surface area contributed by atoms with E-state index in [0.29, 0.717) is 0 Å². The van der Waals surface area contributed by atoms with Gasteiger partial charge in [0, 0.05) is 0 Å². The van der Waals surface area contributed by atoms with E-state index in [-0.39, 0.29) is 18.2 Å². The fourth-order valence-electron chi connectivity index (χ4n) is 1.28. The van der Waals surface area contributed by atoms with Gasteiger partial charge in [0.15, 0.2) is 11.7 Å². The average molecular weight is 300 g/mol. The van der Waals surface area contributed by atoms with Gasteiger partial charge in [-0.2, -0.15) is 5.26 Å². The maximum Gasteiger partial charge on any atom is 0.573 e. The van der Waals surface area contributed by atoms with Crippen molar-refractivity contribution in [3.05, 3.63) is 24.3 Å². The van der Waals surface area contributed by atoms with Gasteiger partial charge < -0.3 is 15.8 Å². The summed E-state index contributed by atoms with van der Waals surface area (Å²) in [7, 11) is 0. The van der Waals surface area contributed by atoms with Crippen molar-refractivity contribution < 1.29 is 17.9 Å². The molecule has 0 amide bonds. The molecule has 1 aromatic carbocycles. The van der Waals surface area contributed by atoms with Crippen LogP contribution in [0.15, 0.2) is 29.3 Å². The summed E-state index contributed by atoms with van der Waals surface area (Å²) >= 11 is 0. The molecule has 0 saturated carbocycles. The maximum absolute atomic E-state index is 12.3. The molecule has 0 bridgehead atoms. The first-order valence-electron chi connectivity index (χ1n) is 5.96. The lowest BCUT2D eigenvalue weighted by molar-refractivity contribution is -0.274. The van der Waals surface area contributed by atoms with E-state index in [2.05, 4.69) is 15.0 Å². The highest BCUT2D eigenvalue weighted by atomic mass is 19.4. The van der Waals surface area contributed by atoms with E-state index in [9.17, 15) is 13.2 Å². The monoisotopic (exact) mass is 300 g/mol. The van der Waals surface area contributed by atoms with E-state index >= 15 is 0 Å². The fourth-order valence-corrected chi connectivity index (χ4v) is 1.28. The number of halogens is 3. The number of benzene rings is 1. The van der Waals surface area contributed by atoms with Crippen LogP contribution < -0.4 is 15.8 Å². The minimum absolute atomic E-state index is 0.0332. The third-order valence-electron chi connectivity index (χ3n) is 2.32. The lowest BCUT2D eigenvalue weighted by Crippen LogP contribution is -2.26. The van der Waals surface area contributed by atoms with Gasteiger partial charge in [-0.05, 0) is 26.0 Å². The van der Waals surface area contributed by atoms with Crippen molar-refractivity contribution in [2.45, 2.75) is 20.2 Å². The molecule has 5 nitrogen and oxygen atoms in total. The Bertz CT molecular complexity index is 561. The van der Waals surface area contributed by atoms with E-state index in [4.69, 9.17) is 11.0 Å². The first kappa shape index (κ1) is 16.6. The highest BCUT2D eigenvalue weighted by Gasteiger charge is 2.32. The van der Waals surface area contributed by atoms with Crippen LogP contribution in [-0.4, -0.2) is 18.9 Å². The maximum atomic E-state index is 12.3. The smallest absolute Gasteiger partial charge is 0.404 e. The number of nitrogens with one attached hydrogen (secondary N) is 1. The first-order chi connectivity index (χ1) is 9.63. The molecular formula is C13H15F3N4O. The molecule has 0 aliphatic carbocycles. The Morgan fingerprint density at radius 2 is 2.00 bits per heavy atom. The molecular weight excluding hydrogens is 285 g/mol. The van der Waals surface area contributed by atoms with Gasteiger partial charge in [0.25, 0.3) is 0 Å². The second-order valence-electron chi connectivity index (χ2n) is 4.87. The van der Waals surface area contributed by atoms with Gasteiger partial charge in [0.2, 0.25) is 0 Å². The zero-order chi connectivity index (χ0) is 16.1. The number of hydrogen-bond donors (Lipinski definition) is 2. The summed E-state index contributed by atoms with van der Waals surface area (Å²) in [6.07, 6.45) is -4.80. The zero-order valence-electron chi connectivity index (χ0n) is 11.5. The van der Waals surface area contributed by atoms with Crippen LogP contribution in [0.25, 0.3) is 0 Å². The van der Waals surface area contributed by atoms with Crippen molar-refractivity contribution in [3.8, 4) is 11.8 Å². The molecule has 0 aliphatic heterocycles. The SMILES string of the molecule is CC(C)(C#N)CN=C(N)Nc1ccccc1OC(F)(F)F. The van der Waals surface area contributed by atoms with E-state index in [1.54, 1.807) is 13.8 Å². The summed E-state index contributed by atoms with van der Waals surface area (Å²) in [6.45, 7) is 3.46. The van der Waals surface area contributed by atoms with Gasteiger partial charge in [-0.1, -0.05) is 12.1 Å². The van der Waals surface area contributed by atoms with E-state index < -0.39 is 17.5 Å². The number of nitrogens with two attached hydrogens (primary N) is 1. The molecule has 0 unspecified atom stereocenters. The van der Waals surface area contributed by atoms with Crippen LogP contribution >= 0.6 is 0 Å². The number of alkyl halides is 3. The number of rotatable bonds is 4. The van der Waals surface area contributed by atoms with Crippen molar-refractivity contribution in [1.29, 1.82) is 5.26 Å². The van der Waals surface area contributed by atoms with Crippen LogP contribution in [0.1, 0.15) is 13.8 Å². The average Bonchev–Trinajstić information content (AvgIpc) is 2.37. The largest absolute Gasteiger partial charge is 0.573 e. The summed E-state index contributed by atoms with van der Waals surface area (Å²) < 4.78 is 40.7. The minimum Gasteiger partial charge on any atom is -0.404 e. The summed E-state index contributed by atoms with van der Waals surface area (Å²) in [5, 5.41) is 11.4. The Morgan fingerprint density at radius 3 is 2.57 bits per heavy atom. The van der Waals surface area contributed by atoms with Gasteiger partial charge in [0.1, 0.15) is 0 Å². The number of nitrogens with zero attached hydrogens (tertiary/aromatic N) is 2. The van der Waals surface area contributed by atoms with Gasteiger partial charge in [0.05, 0.1) is 23.7 Å². The molecule has 114 valence electrons. The standard InChI is InChI=1S/C13H15F3N4O/c1-12(2,7-17)8-19-11(18)20-9-5-3-4-6-10(9)21-13(14,15)16/h3-6H,8H2,1-2H3,(H3,18,19,20). The van der Waals surface area contributed by atoms with E-state index in [0.717, 1.165) is 6.07 Å². The van der Waals surface area contributed by atoms with Crippen molar-refractivity contribution in [1.82, 2.24) is 0 Å². The van der Waals surface area contributed by atoms with Crippen molar-refractivity contribution >= 4 is 11.6 Å². The van der Waals surface area contributed by atoms with Crippen LogP contribution in [0, 0.1) is 16.7 Å². The Balaban J connectivity index is 2.84. The van der Waals surface area contributed by atoms with Gasteiger partial charge >= 0.3 is 6.36 Å². The van der Waals surface area contributed by atoms with Crippen LogP contribution in [0.2, 0.25) is 0 Å². The lowest BCUT2D eigenvalue weighted by atomic mass is 9.96. The normalized spacial score (nSPS) is 12.7. The molecule has 8 heteroatoms. The number of guanidine groups is 1. The molecule has 0 aromatic heterocycles. The predicted octanol–water partition coefficient (Wildman–Crippen LogP) is 2.86.